The number of carbonyl (C=O) groups is 1. The fourth-order valence-electron chi connectivity index (χ4n) is 1.06. The highest BCUT2D eigenvalue weighted by molar-refractivity contribution is 5.80. The molecule has 0 radical (unpaired) electrons. The molecule has 0 saturated carbocycles. The van der Waals surface area contributed by atoms with Crippen LogP contribution in [0.25, 0.3) is 0 Å². The number of amides is 1. The second kappa shape index (κ2) is 5.38. The van der Waals surface area contributed by atoms with Gasteiger partial charge in [0.1, 0.15) is 5.82 Å². The van der Waals surface area contributed by atoms with Gasteiger partial charge in [-0.1, -0.05) is 13.8 Å². The predicted octanol–water partition coefficient (Wildman–Crippen LogP) is 0.604. The van der Waals surface area contributed by atoms with Gasteiger partial charge >= 0.3 is 0 Å². The fraction of sp³-hybridized carbons (Fsp3) is 0.600. The Morgan fingerprint density at radius 1 is 1.60 bits per heavy atom. The van der Waals surface area contributed by atoms with Crippen LogP contribution in [0.2, 0.25) is 0 Å². The molecule has 0 spiro atoms. The van der Waals surface area contributed by atoms with Gasteiger partial charge in [0.05, 0.1) is 6.54 Å². The molecule has 0 fully saturated rings. The lowest BCUT2D eigenvalue weighted by Gasteiger charge is -2.07. The van der Waals surface area contributed by atoms with Crippen molar-refractivity contribution < 1.29 is 4.79 Å². The molecule has 0 saturated heterocycles. The molecule has 0 aliphatic heterocycles. The average molecular weight is 210 g/mol. The summed E-state index contributed by atoms with van der Waals surface area (Å²) in [5, 5.41) is 9.87. The molecule has 84 valence electrons. The molecule has 0 aliphatic carbocycles. The molecule has 1 aromatic heterocycles. The first-order chi connectivity index (χ1) is 7.08. The van der Waals surface area contributed by atoms with Crippen LogP contribution in [0.4, 0.5) is 5.82 Å². The zero-order chi connectivity index (χ0) is 11.3. The fourth-order valence-corrected chi connectivity index (χ4v) is 1.06. The molecule has 1 heterocycles. The summed E-state index contributed by atoms with van der Waals surface area (Å²) in [6, 6.07) is 1.83. The number of aryl methyl sites for hydroxylation is 1. The summed E-state index contributed by atoms with van der Waals surface area (Å²) in [4.78, 5) is 11.3. The summed E-state index contributed by atoms with van der Waals surface area (Å²) in [7, 11) is 1.84. The third-order valence-corrected chi connectivity index (χ3v) is 1.85. The first-order valence-corrected chi connectivity index (χ1v) is 5.08. The molecule has 0 aliphatic rings. The second-order valence-electron chi connectivity index (χ2n) is 3.93. The average Bonchev–Trinajstić information content (AvgIpc) is 2.58. The molecular weight excluding hydrogens is 192 g/mol. The van der Waals surface area contributed by atoms with Gasteiger partial charge in [-0.2, -0.15) is 5.10 Å². The van der Waals surface area contributed by atoms with Gasteiger partial charge in [0.15, 0.2) is 0 Å². The van der Waals surface area contributed by atoms with Crippen LogP contribution in [-0.2, 0) is 11.8 Å². The van der Waals surface area contributed by atoms with Crippen molar-refractivity contribution in [2.75, 3.05) is 18.4 Å². The molecule has 1 rings (SSSR count). The van der Waals surface area contributed by atoms with Gasteiger partial charge in [-0.15, -0.1) is 0 Å². The zero-order valence-corrected chi connectivity index (χ0v) is 9.45. The van der Waals surface area contributed by atoms with E-state index in [1.807, 2.05) is 19.3 Å². The first kappa shape index (κ1) is 11.6. The summed E-state index contributed by atoms with van der Waals surface area (Å²) in [6.07, 6.45) is 1.83. The summed E-state index contributed by atoms with van der Waals surface area (Å²) < 4.78 is 1.69. The maximum atomic E-state index is 11.3. The number of hydrogen-bond acceptors (Lipinski definition) is 3. The standard InChI is InChI=1S/C10H18N4O/c1-8(2)6-12-10(15)7-11-9-4-5-14(3)13-9/h4-5,8H,6-7H2,1-3H3,(H,11,13)(H,12,15). The molecule has 0 atom stereocenters. The highest BCUT2D eigenvalue weighted by atomic mass is 16.1. The Labute approximate surface area is 89.9 Å². The largest absolute Gasteiger partial charge is 0.360 e. The van der Waals surface area contributed by atoms with E-state index in [0.717, 1.165) is 5.82 Å². The Morgan fingerprint density at radius 3 is 2.87 bits per heavy atom. The molecule has 0 bridgehead atoms. The third-order valence-electron chi connectivity index (χ3n) is 1.85. The topological polar surface area (TPSA) is 59.0 Å². The van der Waals surface area contributed by atoms with Crippen LogP contribution in [0, 0.1) is 5.92 Å². The van der Waals surface area contributed by atoms with Crippen molar-refractivity contribution in [2.24, 2.45) is 13.0 Å². The smallest absolute Gasteiger partial charge is 0.239 e. The van der Waals surface area contributed by atoms with Crippen molar-refractivity contribution in [1.29, 1.82) is 0 Å². The maximum Gasteiger partial charge on any atom is 0.239 e. The number of rotatable bonds is 5. The SMILES string of the molecule is CC(C)CNC(=O)CNc1ccn(C)n1. The Hall–Kier alpha value is -1.52. The van der Waals surface area contributed by atoms with E-state index in [1.165, 1.54) is 0 Å². The van der Waals surface area contributed by atoms with Gasteiger partial charge in [-0.05, 0) is 5.92 Å². The van der Waals surface area contributed by atoms with Gasteiger partial charge in [-0.25, -0.2) is 0 Å². The highest BCUT2D eigenvalue weighted by Crippen LogP contribution is 1.99. The quantitative estimate of drug-likeness (QED) is 0.748. The van der Waals surface area contributed by atoms with E-state index < -0.39 is 0 Å². The summed E-state index contributed by atoms with van der Waals surface area (Å²) >= 11 is 0. The minimum Gasteiger partial charge on any atom is -0.360 e. The molecule has 1 aromatic rings. The van der Waals surface area contributed by atoms with Crippen molar-refractivity contribution in [3.8, 4) is 0 Å². The van der Waals surface area contributed by atoms with Crippen LogP contribution >= 0.6 is 0 Å². The van der Waals surface area contributed by atoms with E-state index in [4.69, 9.17) is 0 Å². The Morgan fingerprint density at radius 2 is 2.33 bits per heavy atom. The maximum absolute atomic E-state index is 11.3. The lowest BCUT2D eigenvalue weighted by atomic mass is 10.2. The lowest BCUT2D eigenvalue weighted by Crippen LogP contribution is -2.32. The molecule has 0 unspecified atom stereocenters. The van der Waals surface area contributed by atoms with Crippen molar-refractivity contribution in [3.05, 3.63) is 12.3 Å². The predicted molar refractivity (Wildman–Crippen MR) is 59.5 cm³/mol. The van der Waals surface area contributed by atoms with Crippen LogP contribution in [0.5, 0.6) is 0 Å². The molecule has 0 aromatic carbocycles. The minimum atomic E-state index is -0.00523. The molecular formula is C10H18N4O. The minimum absolute atomic E-state index is 0.00523. The Kier molecular flexibility index (Phi) is 4.15. The van der Waals surface area contributed by atoms with E-state index in [0.29, 0.717) is 12.5 Å². The summed E-state index contributed by atoms with van der Waals surface area (Å²) in [5.41, 5.74) is 0. The van der Waals surface area contributed by atoms with E-state index in [1.54, 1.807) is 4.68 Å². The lowest BCUT2D eigenvalue weighted by molar-refractivity contribution is -0.119. The van der Waals surface area contributed by atoms with Crippen LogP contribution < -0.4 is 10.6 Å². The second-order valence-corrected chi connectivity index (χ2v) is 3.93. The van der Waals surface area contributed by atoms with Gasteiger partial charge in [0.25, 0.3) is 0 Å². The van der Waals surface area contributed by atoms with Crippen LogP contribution in [0.3, 0.4) is 0 Å². The molecule has 5 heteroatoms. The van der Waals surface area contributed by atoms with Gasteiger partial charge < -0.3 is 10.6 Å². The normalized spacial score (nSPS) is 10.4. The zero-order valence-electron chi connectivity index (χ0n) is 9.45. The van der Waals surface area contributed by atoms with Crippen LogP contribution in [0.1, 0.15) is 13.8 Å². The van der Waals surface area contributed by atoms with Gasteiger partial charge in [0, 0.05) is 25.9 Å². The first-order valence-electron chi connectivity index (χ1n) is 5.08. The van der Waals surface area contributed by atoms with Gasteiger partial charge in [0.2, 0.25) is 5.91 Å². The van der Waals surface area contributed by atoms with E-state index >= 15 is 0 Å². The Balaban J connectivity index is 2.22. The van der Waals surface area contributed by atoms with E-state index in [-0.39, 0.29) is 12.5 Å². The summed E-state index contributed by atoms with van der Waals surface area (Å²) in [6.45, 7) is 5.10. The number of nitrogens with one attached hydrogen (secondary N) is 2. The van der Waals surface area contributed by atoms with Crippen molar-refractivity contribution >= 4 is 11.7 Å². The van der Waals surface area contributed by atoms with Gasteiger partial charge in [-0.3, -0.25) is 9.48 Å². The number of nitrogens with zero attached hydrogens (tertiary/aromatic N) is 2. The van der Waals surface area contributed by atoms with E-state index in [9.17, 15) is 4.79 Å². The van der Waals surface area contributed by atoms with Crippen molar-refractivity contribution in [1.82, 2.24) is 15.1 Å². The third kappa shape index (κ3) is 4.49. The van der Waals surface area contributed by atoms with E-state index in [2.05, 4.69) is 29.6 Å². The van der Waals surface area contributed by atoms with Crippen molar-refractivity contribution in [3.63, 3.8) is 0 Å². The number of hydrogen-bond donors (Lipinski definition) is 2. The summed E-state index contributed by atoms with van der Waals surface area (Å²) in [5.74, 6) is 1.19. The van der Waals surface area contributed by atoms with Crippen LogP contribution in [0.15, 0.2) is 12.3 Å². The number of aromatic nitrogens is 2. The molecule has 1 amide bonds. The number of carbonyl (C=O) groups excluding carboxylic acids is 1. The van der Waals surface area contributed by atoms with Crippen LogP contribution in [-0.4, -0.2) is 28.8 Å². The molecule has 5 nitrogen and oxygen atoms in total. The molecule has 15 heavy (non-hydrogen) atoms. The van der Waals surface area contributed by atoms with Crippen molar-refractivity contribution in [2.45, 2.75) is 13.8 Å². The number of anilines is 1. The monoisotopic (exact) mass is 210 g/mol. The Bertz CT molecular complexity index is 319. The molecule has 2 N–H and O–H groups in total. The highest BCUT2D eigenvalue weighted by Gasteiger charge is 2.02.